The molecule has 22 heavy (non-hydrogen) atoms. The van der Waals surface area contributed by atoms with E-state index >= 15 is 0 Å². The average Bonchev–Trinajstić information content (AvgIpc) is 2.38. The van der Waals surface area contributed by atoms with E-state index in [0.29, 0.717) is 30.2 Å². The van der Waals surface area contributed by atoms with Gasteiger partial charge in [0.05, 0.1) is 0 Å². The summed E-state index contributed by atoms with van der Waals surface area (Å²) in [4.78, 5) is 36.1. The Hall–Kier alpha value is -2.11. The number of nitrogens with one attached hydrogen (secondary N) is 2. The number of hydrogen-bond acceptors (Lipinski definition) is 4. The first-order chi connectivity index (χ1) is 10.6. The molecule has 1 saturated carbocycles. The molecule has 1 aromatic heterocycles. The van der Waals surface area contributed by atoms with Gasteiger partial charge in [0.25, 0.3) is 5.91 Å². The van der Waals surface area contributed by atoms with E-state index in [1.165, 1.54) is 0 Å². The summed E-state index contributed by atoms with van der Waals surface area (Å²) in [5, 5.41) is 5.33. The van der Waals surface area contributed by atoms with Crippen LogP contribution in [0.4, 0.5) is 0 Å². The Kier molecular flexibility index (Phi) is 4.00. The maximum atomic E-state index is 12.3. The maximum Gasteiger partial charge on any atom is 0.349 e. The Bertz CT molecular complexity index is 661. The van der Waals surface area contributed by atoms with Crippen LogP contribution in [0.2, 0.25) is 0 Å². The highest BCUT2D eigenvalue weighted by Crippen LogP contribution is 2.36. The summed E-state index contributed by atoms with van der Waals surface area (Å²) < 4.78 is 5.31. The van der Waals surface area contributed by atoms with Crippen LogP contribution in [0.15, 0.2) is 15.3 Å². The Morgan fingerprint density at radius 3 is 2.64 bits per heavy atom. The van der Waals surface area contributed by atoms with Crippen LogP contribution in [0.3, 0.4) is 0 Å². The molecule has 118 valence electrons. The van der Waals surface area contributed by atoms with Crippen LogP contribution in [0.1, 0.15) is 59.7 Å². The maximum absolute atomic E-state index is 12.3. The van der Waals surface area contributed by atoms with Crippen LogP contribution in [0.5, 0.6) is 0 Å². The van der Waals surface area contributed by atoms with Gasteiger partial charge < -0.3 is 15.1 Å². The van der Waals surface area contributed by atoms with Crippen molar-refractivity contribution in [1.29, 1.82) is 0 Å². The molecule has 0 spiro atoms. The number of hydrogen-bond donors (Lipinski definition) is 2. The van der Waals surface area contributed by atoms with Gasteiger partial charge in [-0.3, -0.25) is 9.59 Å². The summed E-state index contributed by atoms with van der Waals surface area (Å²) in [6.45, 7) is 2.36. The van der Waals surface area contributed by atoms with E-state index < -0.39 is 17.6 Å². The van der Waals surface area contributed by atoms with Gasteiger partial charge in [-0.15, -0.1) is 0 Å². The molecule has 2 amide bonds. The summed E-state index contributed by atoms with van der Waals surface area (Å²) in [5.41, 5.74) is -0.0102. The molecule has 2 fully saturated rings. The summed E-state index contributed by atoms with van der Waals surface area (Å²) >= 11 is 0. The minimum atomic E-state index is -0.615. The van der Waals surface area contributed by atoms with Gasteiger partial charge in [-0.1, -0.05) is 6.42 Å². The predicted molar refractivity (Wildman–Crippen MR) is 79.8 cm³/mol. The van der Waals surface area contributed by atoms with Crippen molar-refractivity contribution in [3.8, 4) is 0 Å². The van der Waals surface area contributed by atoms with E-state index in [2.05, 4.69) is 10.6 Å². The lowest BCUT2D eigenvalue weighted by Crippen LogP contribution is -2.50. The van der Waals surface area contributed by atoms with Crippen LogP contribution in [0.25, 0.3) is 0 Å². The summed E-state index contributed by atoms with van der Waals surface area (Å²) in [6, 6.07) is 1.20. The van der Waals surface area contributed by atoms with Gasteiger partial charge in [-0.2, -0.15) is 0 Å². The van der Waals surface area contributed by atoms with Gasteiger partial charge in [0, 0.05) is 12.5 Å². The topological polar surface area (TPSA) is 88.4 Å². The van der Waals surface area contributed by atoms with Gasteiger partial charge in [0.1, 0.15) is 17.4 Å². The number of aryl methyl sites for hydroxylation is 1. The zero-order valence-electron chi connectivity index (χ0n) is 12.6. The van der Waals surface area contributed by atoms with Gasteiger partial charge in [0.15, 0.2) is 0 Å². The zero-order valence-corrected chi connectivity index (χ0v) is 12.6. The Balaban J connectivity index is 1.80. The molecular formula is C16H20N2O4. The predicted octanol–water partition coefficient (Wildman–Crippen LogP) is 1.22. The van der Waals surface area contributed by atoms with Crippen LogP contribution in [-0.2, 0) is 4.79 Å². The molecule has 2 heterocycles. The SMILES string of the molecule is Cc1cc(C2CCC2)oc(=O)c1C(=O)NC1CCCNC1=O. The van der Waals surface area contributed by atoms with Crippen LogP contribution in [0, 0.1) is 6.92 Å². The molecule has 2 N–H and O–H groups in total. The van der Waals surface area contributed by atoms with E-state index in [1.54, 1.807) is 13.0 Å². The first-order valence-corrected chi connectivity index (χ1v) is 7.79. The normalized spacial score (nSPS) is 21.9. The highest BCUT2D eigenvalue weighted by molar-refractivity contribution is 5.98. The quantitative estimate of drug-likeness (QED) is 0.879. The van der Waals surface area contributed by atoms with Crippen molar-refractivity contribution >= 4 is 11.8 Å². The number of amides is 2. The largest absolute Gasteiger partial charge is 0.427 e. The average molecular weight is 304 g/mol. The molecule has 1 aromatic rings. The molecule has 1 saturated heterocycles. The summed E-state index contributed by atoms with van der Waals surface area (Å²) in [5.74, 6) is 0.231. The Morgan fingerprint density at radius 2 is 2.05 bits per heavy atom. The Morgan fingerprint density at radius 1 is 1.27 bits per heavy atom. The summed E-state index contributed by atoms with van der Waals surface area (Å²) in [6.07, 6.45) is 4.59. The molecule has 6 heteroatoms. The van der Waals surface area contributed by atoms with E-state index in [0.717, 1.165) is 25.7 Å². The molecular weight excluding hydrogens is 284 g/mol. The lowest BCUT2D eigenvalue weighted by atomic mass is 9.83. The monoisotopic (exact) mass is 304 g/mol. The van der Waals surface area contributed by atoms with E-state index in [-0.39, 0.29) is 11.5 Å². The third kappa shape index (κ3) is 2.77. The second-order valence-electron chi connectivity index (χ2n) is 6.08. The Labute approximate surface area is 128 Å². The molecule has 0 aromatic carbocycles. The second kappa shape index (κ2) is 5.94. The molecule has 1 aliphatic heterocycles. The third-order valence-electron chi connectivity index (χ3n) is 4.49. The molecule has 3 rings (SSSR count). The van der Waals surface area contributed by atoms with Crippen LogP contribution < -0.4 is 16.3 Å². The minimum Gasteiger partial charge on any atom is -0.427 e. The molecule has 2 aliphatic rings. The second-order valence-corrected chi connectivity index (χ2v) is 6.08. The van der Waals surface area contributed by atoms with Crippen LogP contribution >= 0.6 is 0 Å². The first-order valence-electron chi connectivity index (χ1n) is 7.79. The zero-order chi connectivity index (χ0) is 15.7. The van der Waals surface area contributed by atoms with Crippen molar-refractivity contribution in [2.45, 2.75) is 51.0 Å². The molecule has 1 aliphatic carbocycles. The fourth-order valence-corrected chi connectivity index (χ4v) is 2.94. The van der Waals surface area contributed by atoms with Crippen molar-refractivity contribution < 1.29 is 14.0 Å². The highest BCUT2D eigenvalue weighted by Gasteiger charge is 2.28. The number of piperidine rings is 1. The summed E-state index contributed by atoms with van der Waals surface area (Å²) in [7, 11) is 0. The third-order valence-corrected chi connectivity index (χ3v) is 4.49. The number of carbonyl (C=O) groups is 2. The fraction of sp³-hybridized carbons (Fsp3) is 0.562. The molecule has 6 nitrogen and oxygen atoms in total. The van der Waals surface area contributed by atoms with E-state index in [4.69, 9.17) is 4.42 Å². The van der Waals surface area contributed by atoms with E-state index in [9.17, 15) is 14.4 Å². The van der Waals surface area contributed by atoms with E-state index in [1.807, 2.05) is 0 Å². The lowest BCUT2D eigenvalue weighted by molar-refractivity contribution is -0.124. The van der Waals surface area contributed by atoms with Crippen molar-refractivity contribution in [3.05, 3.63) is 33.4 Å². The van der Waals surface area contributed by atoms with Gasteiger partial charge >= 0.3 is 5.63 Å². The molecule has 0 radical (unpaired) electrons. The number of rotatable bonds is 3. The lowest BCUT2D eigenvalue weighted by Gasteiger charge is -2.25. The van der Waals surface area contributed by atoms with Crippen LogP contribution in [-0.4, -0.2) is 24.4 Å². The van der Waals surface area contributed by atoms with Crippen molar-refractivity contribution in [3.63, 3.8) is 0 Å². The highest BCUT2D eigenvalue weighted by atomic mass is 16.4. The fourth-order valence-electron chi connectivity index (χ4n) is 2.94. The molecule has 1 unspecified atom stereocenters. The minimum absolute atomic E-state index is 0.00134. The van der Waals surface area contributed by atoms with Gasteiger partial charge in [0.2, 0.25) is 5.91 Å². The van der Waals surface area contributed by atoms with Gasteiger partial charge in [-0.25, -0.2) is 4.79 Å². The standard InChI is InChI=1S/C16H20N2O4/c1-9-8-12(10-4-2-5-10)22-16(21)13(9)15(20)18-11-6-3-7-17-14(11)19/h8,10-11H,2-7H2,1H3,(H,17,19)(H,18,20). The number of carbonyl (C=O) groups excluding carboxylic acids is 2. The van der Waals surface area contributed by atoms with Gasteiger partial charge in [-0.05, 0) is 44.2 Å². The molecule has 1 atom stereocenters. The van der Waals surface area contributed by atoms with Crippen molar-refractivity contribution in [2.75, 3.05) is 6.54 Å². The van der Waals surface area contributed by atoms with Crippen molar-refractivity contribution in [2.24, 2.45) is 0 Å². The first kappa shape index (κ1) is 14.8. The molecule has 0 bridgehead atoms. The smallest absolute Gasteiger partial charge is 0.349 e. The van der Waals surface area contributed by atoms with Crippen molar-refractivity contribution in [1.82, 2.24) is 10.6 Å².